The molecule has 1 unspecified atom stereocenters. The summed E-state index contributed by atoms with van der Waals surface area (Å²) in [6.45, 7) is 0. The molecule has 0 fully saturated rings. The first-order valence-corrected chi connectivity index (χ1v) is 4.54. The van der Waals surface area contributed by atoms with Crippen molar-refractivity contribution in [3.63, 3.8) is 0 Å². The number of nitrogens with one attached hydrogen (secondary N) is 1. The van der Waals surface area contributed by atoms with Crippen molar-refractivity contribution in [3.8, 4) is 0 Å². The van der Waals surface area contributed by atoms with Gasteiger partial charge in [0.25, 0.3) is 0 Å². The molecule has 0 aliphatic carbocycles. The summed E-state index contributed by atoms with van der Waals surface area (Å²) >= 11 is 0. The Hall–Kier alpha value is -2.77. The Morgan fingerprint density at radius 3 is 1.53 bits per heavy atom. The second kappa shape index (κ2) is 11.3. The molecule has 0 aromatic carbocycles. The normalized spacial score (nSPS) is 15.3. The number of nitrogens with two attached hydrogens (primary N) is 2. The molecular formula is H5N16P. The number of rotatable bonds is 7. The molecule has 0 aromatic heterocycles. The number of hydrogen-bond donors (Lipinski definition) is 3. The highest BCUT2D eigenvalue weighted by Crippen LogP contribution is 2.41. The van der Waals surface area contributed by atoms with Crippen molar-refractivity contribution in [2.75, 3.05) is 0 Å². The van der Waals surface area contributed by atoms with Crippen molar-refractivity contribution in [3.05, 3.63) is 0 Å². The van der Waals surface area contributed by atoms with E-state index in [1.165, 1.54) is 0 Å². The molecule has 90 valence electrons. The summed E-state index contributed by atoms with van der Waals surface area (Å²) < 4.78 is 0. The van der Waals surface area contributed by atoms with E-state index >= 15 is 0 Å². The van der Waals surface area contributed by atoms with Gasteiger partial charge in [-0.25, -0.2) is 0 Å². The summed E-state index contributed by atoms with van der Waals surface area (Å²) in [5.41, 5.74) is 6.26. The summed E-state index contributed by atoms with van der Waals surface area (Å²) in [6, 6.07) is 0. The average molecular weight is 260 g/mol. The van der Waals surface area contributed by atoms with Crippen molar-refractivity contribution >= 4 is 8.37 Å². The van der Waals surface area contributed by atoms with Crippen LogP contribution in [0.15, 0.2) is 66.9 Å². The molecule has 5 N–H and O–H groups in total. The number of hydrogen-bond acceptors (Lipinski definition) is 6. The molecule has 0 aliphatic rings. The zero-order valence-corrected chi connectivity index (χ0v) is 8.81. The first kappa shape index (κ1) is 14.2. The molecule has 17 heteroatoms. The van der Waals surface area contributed by atoms with Gasteiger partial charge in [-0.3, -0.25) is 0 Å². The van der Waals surface area contributed by atoms with E-state index in [0.29, 0.717) is 0 Å². The van der Waals surface area contributed by atoms with Crippen molar-refractivity contribution in [1.82, 2.24) is 0 Å². The molecule has 1 atom stereocenters. The predicted molar refractivity (Wildman–Crippen MR) is 49.6 cm³/mol. The monoisotopic (exact) mass is 260 g/mol. The molecule has 0 rings (SSSR count). The highest BCUT2D eigenvalue weighted by molar-refractivity contribution is 7.52. The third kappa shape index (κ3) is 9.53. The zero-order chi connectivity index (χ0) is 12.8. The van der Waals surface area contributed by atoms with E-state index in [1.54, 1.807) is 0 Å². The van der Waals surface area contributed by atoms with Crippen molar-refractivity contribution in [2.45, 2.75) is 0 Å². The van der Waals surface area contributed by atoms with E-state index in [1.807, 2.05) is 0 Å². The van der Waals surface area contributed by atoms with Crippen molar-refractivity contribution < 1.29 is 0 Å². The Morgan fingerprint density at radius 2 is 1.12 bits per heavy atom. The Balaban J connectivity index is 4.54. The van der Waals surface area contributed by atoms with Crippen LogP contribution in [0.3, 0.4) is 0 Å². The second-order valence-corrected chi connectivity index (χ2v) is 2.57. The molecule has 17 heavy (non-hydrogen) atoms. The van der Waals surface area contributed by atoms with Gasteiger partial charge >= 0.3 is 8.37 Å². The van der Waals surface area contributed by atoms with E-state index < -0.39 is 8.37 Å². The van der Waals surface area contributed by atoms with Gasteiger partial charge in [-0.15, -0.1) is 0 Å². The smallest absolute Gasteiger partial charge is 0.303 e. The van der Waals surface area contributed by atoms with Crippen molar-refractivity contribution in [2.24, 2.45) is 78.6 Å². The van der Waals surface area contributed by atoms with E-state index in [4.69, 9.17) is 5.53 Å². The van der Waals surface area contributed by atoms with Gasteiger partial charge in [0.2, 0.25) is 0 Å². The lowest BCUT2D eigenvalue weighted by Gasteiger charge is -1.87. The van der Waals surface area contributed by atoms with E-state index in [2.05, 4.69) is 78.6 Å². The minimum Gasteiger partial charge on any atom is -0.303 e. The molecule has 0 aromatic rings. The molecule has 0 aliphatic heterocycles. The topological polar surface area (TPSA) is 237 Å². The van der Waals surface area contributed by atoms with Crippen LogP contribution in [-0.2, 0) is 0 Å². The molecule has 0 bridgehead atoms. The van der Waals surface area contributed by atoms with Crippen LogP contribution >= 0.6 is 8.37 Å². The largest absolute Gasteiger partial charge is 0.332 e. The van der Waals surface area contributed by atoms with Crippen molar-refractivity contribution in [1.29, 1.82) is 5.53 Å². The van der Waals surface area contributed by atoms with Crippen LogP contribution in [0.4, 0.5) is 0 Å². The molecular weight excluding hydrogens is 255 g/mol. The maximum Gasteiger partial charge on any atom is 0.332 e. The molecule has 0 spiro atoms. The fourth-order valence-electron chi connectivity index (χ4n) is 0.299. The third-order valence-electron chi connectivity index (χ3n) is 0.668. The quantitative estimate of drug-likeness (QED) is 0.270. The van der Waals surface area contributed by atoms with Gasteiger partial charge in [-0.2, -0.15) is 5.53 Å². The van der Waals surface area contributed by atoms with Crippen LogP contribution in [0, 0.1) is 5.53 Å². The lowest BCUT2D eigenvalue weighted by atomic mass is 12.5. The maximum absolute atomic E-state index is 6.26. The molecule has 16 nitrogen and oxygen atoms in total. The molecule has 0 saturated carbocycles. The lowest BCUT2D eigenvalue weighted by molar-refractivity contribution is 0.833. The third-order valence-corrected chi connectivity index (χ3v) is 1.39. The van der Waals surface area contributed by atoms with Crippen LogP contribution in [0.5, 0.6) is 0 Å². The van der Waals surface area contributed by atoms with Crippen LogP contribution in [-0.4, -0.2) is 0 Å². The van der Waals surface area contributed by atoms with Gasteiger partial charge in [0.05, 0.1) is 0 Å². The van der Waals surface area contributed by atoms with Crippen LogP contribution < -0.4 is 11.7 Å². The lowest BCUT2D eigenvalue weighted by Crippen LogP contribution is -1.71. The first-order valence-electron chi connectivity index (χ1n) is 3.34. The minimum atomic E-state index is -1.90. The van der Waals surface area contributed by atoms with Gasteiger partial charge in [0, 0.05) is 0 Å². The second-order valence-electron chi connectivity index (χ2n) is 1.49. The summed E-state index contributed by atoms with van der Waals surface area (Å²) in [5, 5.41) is 29.2. The van der Waals surface area contributed by atoms with E-state index in [9.17, 15) is 0 Å². The van der Waals surface area contributed by atoms with Gasteiger partial charge in [-0.05, 0) is 41.8 Å². The van der Waals surface area contributed by atoms with Gasteiger partial charge in [0.1, 0.15) is 0 Å². The summed E-state index contributed by atoms with van der Waals surface area (Å²) in [5.74, 6) is 9.33. The summed E-state index contributed by atoms with van der Waals surface area (Å²) in [6.07, 6.45) is 0. The molecule has 0 amide bonds. The SMILES string of the molecule is N=NN=NN=NP(N=NN=NN)N=N/N=N/N. The average Bonchev–Trinajstić information content (AvgIpc) is 2.34. The Morgan fingerprint density at radius 1 is 0.647 bits per heavy atom. The molecule has 0 heterocycles. The molecule has 0 saturated heterocycles. The van der Waals surface area contributed by atoms with Gasteiger partial charge in [0.15, 0.2) is 0 Å². The Bertz CT molecular complexity index is 330. The first-order chi connectivity index (χ1) is 8.35. The fraction of sp³-hybridized carbons (Fsp3) is 0. The highest BCUT2D eigenvalue weighted by atomic mass is 31.1. The number of nitrogens with zero attached hydrogens (tertiary/aromatic N) is 13. The van der Waals surface area contributed by atoms with Crippen LogP contribution in [0.25, 0.3) is 0 Å². The Labute approximate surface area is 93.5 Å². The summed E-state index contributed by atoms with van der Waals surface area (Å²) in [4.78, 5) is 10.2. The fourth-order valence-corrected chi connectivity index (χ4v) is 0.728. The van der Waals surface area contributed by atoms with Gasteiger partial charge in [-0.1, -0.05) is 25.1 Å². The van der Waals surface area contributed by atoms with E-state index in [-0.39, 0.29) is 0 Å². The standard InChI is InChI=1S/H5N16P/c1-4-7-10-13-16-17(14-11-8-5-2)15-12-9-6-3/h1H,(H2,2,8,14)(H2,3,9,15). The van der Waals surface area contributed by atoms with Crippen LogP contribution in [0.2, 0.25) is 0 Å². The van der Waals surface area contributed by atoms with E-state index in [0.717, 1.165) is 0 Å². The predicted octanol–water partition coefficient (Wildman–Crippen LogP) is 2.36. The minimum absolute atomic E-state index is 1.90. The zero-order valence-electron chi connectivity index (χ0n) is 7.92. The summed E-state index contributed by atoms with van der Waals surface area (Å²) in [7, 11) is -1.90. The van der Waals surface area contributed by atoms with Gasteiger partial charge < -0.3 is 11.7 Å². The highest BCUT2D eigenvalue weighted by Gasteiger charge is 2.03. The van der Waals surface area contributed by atoms with Crippen LogP contribution in [0.1, 0.15) is 0 Å². The maximum atomic E-state index is 6.26. The Kier molecular flexibility index (Phi) is 9.46. The molecule has 0 radical (unpaired) electrons.